The minimum absolute atomic E-state index is 0. The maximum atomic E-state index is 5.55. The summed E-state index contributed by atoms with van der Waals surface area (Å²) in [5.74, 6) is 0.943. The number of thiophene rings is 1. The third kappa shape index (κ3) is 7.65. The number of morpholine rings is 1. The molecule has 29 heavy (non-hydrogen) atoms. The van der Waals surface area contributed by atoms with E-state index in [1.54, 1.807) is 0 Å². The van der Waals surface area contributed by atoms with E-state index in [0.717, 1.165) is 58.4 Å². The molecule has 0 amide bonds. The van der Waals surface area contributed by atoms with E-state index in [2.05, 4.69) is 51.8 Å². The summed E-state index contributed by atoms with van der Waals surface area (Å²) >= 11 is 1.83. The largest absolute Gasteiger partial charge is 0.379 e. The van der Waals surface area contributed by atoms with Crippen LogP contribution in [0.2, 0.25) is 0 Å². The zero-order valence-corrected chi connectivity index (χ0v) is 21.1. The molecular weight excluding hydrogens is 497 g/mol. The SMILES string of the molecule is CCNC(=NCC(c1cccs1)N1CCOCC1)NCC1CCCCN1CC.I. The molecule has 2 aliphatic heterocycles. The number of hydrogen-bond donors (Lipinski definition) is 2. The van der Waals surface area contributed by atoms with E-state index < -0.39 is 0 Å². The molecule has 3 heterocycles. The molecule has 2 aliphatic rings. The Morgan fingerprint density at radius 3 is 2.76 bits per heavy atom. The van der Waals surface area contributed by atoms with Gasteiger partial charge in [0.1, 0.15) is 0 Å². The van der Waals surface area contributed by atoms with Crippen LogP contribution in [-0.4, -0.2) is 80.8 Å². The molecule has 3 rings (SSSR count). The molecule has 2 atom stereocenters. The third-order valence-corrected chi connectivity index (χ3v) is 6.76. The lowest BCUT2D eigenvalue weighted by Crippen LogP contribution is -2.49. The molecule has 6 nitrogen and oxygen atoms in total. The van der Waals surface area contributed by atoms with Crippen molar-refractivity contribution in [3.05, 3.63) is 22.4 Å². The Hall–Kier alpha value is -0.420. The Balaban J connectivity index is 0.00000300. The lowest BCUT2D eigenvalue weighted by Gasteiger charge is -2.35. The number of hydrogen-bond acceptors (Lipinski definition) is 5. The number of likely N-dealkylation sites (tertiary alicyclic amines) is 1. The fourth-order valence-electron chi connectivity index (χ4n) is 4.20. The van der Waals surface area contributed by atoms with Crippen LogP contribution < -0.4 is 10.6 Å². The highest BCUT2D eigenvalue weighted by molar-refractivity contribution is 14.0. The van der Waals surface area contributed by atoms with Crippen molar-refractivity contribution in [2.45, 2.75) is 45.2 Å². The maximum Gasteiger partial charge on any atom is 0.191 e. The monoisotopic (exact) mass is 535 g/mol. The molecule has 0 aromatic carbocycles. The van der Waals surface area contributed by atoms with E-state index in [9.17, 15) is 0 Å². The first-order chi connectivity index (χ1) is 13.8. The Morgan fingerprint density at radius 1 is 1.24 bits per heavy atom. The molecule has 0 bridgehead atoms. The molecule has 166 valence electrons. The van der Waals surface area contributed by atoms with Gasteiger partial charge in [-0.15, -0.1) is 35.3 Å². The predicted molar refractivity (Wildman–Crippen MR) is 134 cm³/mol. The van der Waals surface area contributed by atoms with Crippen molar-refractivity contribution in [1.82, 2.24) is 20.4 Å². The van der Waals surface area contributed by atoms with Crippen LogP contribution in [0.1, 0.15) is 44.0 Å². The van der Waals surface area contributed by atoms with Gasteiger partial charge in [0.2, 0.25) is 0 Å². The Morgan fingerprint density at radius 2 is 2.07 bits per heavy atom. The molecule has 2 unspecified atom stereocenters. The first kappa shape index (κ1) is 24.8. The second kappa shape index (κ2) is 13.8. The summed E-state index contributed by atoms with van der Waals surface area (Å²) in [4.78, 5) is 11.5. The summed E-state index contributed by atoms with van der Waals surface area (Å²) in [6.45, 7) is 13.0. The standard InChI is InChI=1S/C21H37N5OS.HI/c1-3-22-21(23-16-18-8-5-6-10-25(18)4-2)24-17-19(20-9-7-15-28-20)26-11-13-27-14-12-26;/h7,9,15,18-19H,3-6,8,10-14,16-17H2,1-2H3,(H2,22,23,24);1H. The van der Waals surface area contributed by atoms with Crippen LogP contribution in [0.25, 0.3) is 0 Å². The van der Waals surface area contributed by atoms with Crippen molar-refractivity contribution in [2.24, 2.45) is 4.99 Å². The maximum absolute atomic E-state index is 5.55. The van der Waals surface area contributed by atoms with E-state index in [1.165, 1.54) is 30.7 Å². The van der Waals surface area contributed by atoms with E-state index in [0.29, 0.717) is 12.1 Å². The molecule has 2 fully saturated rings. The summed E-state index contributed by atoms with van der Waals surface area (Å²) in [6.07, 6.45) is 3.96. The van der Waals surface area contributed by atoms with Gasteiger partial charge in [0, 0.05) is 37.1 Å². The van der Waals surface area contributed by atoms with Gasteiger partial charge in [0.25, 0.3) is 0 Å². The van der Waals surface area contributed by atoms with Crippen LogP contribution in [0.4, 0.5) is 0 Å². The Bertz CT molecular complexity index is 580. The van der Waals surface area contributed by atoms with Gasteiger partial charge in [0.05, 0.1) is 25.8 Å². The second-order valence-electron chi connectivity index (χ2n) is 7.56. The molecule has 0 saturated carbocycles. The van der Waals surface area contributed by atoms with Crippen molar-refractivity contribution in [3.8, 4) is 0 Å². The Kier molecular flexibility index (Phi) is 11.8. The summed E-state index contributed by atoms with van der Waals surface area (Å²) in [5, 5.41) is 9.22. The van der Waals surface area contributed by atoms with Crippen LogP contribution in [0.5, 0.6) is 0 Å². The summed E-state index contributed by atoms with van der Waals surface area (Å²) < 4.78 is 5.55. The molecular formula is C21H38IN5OS. The average molecular weight is 536 g/mol. The molecule has 1 aromatic rings. The molecule has 0 aliphatic carbocycles. The highest BCUT2D eigenvalue weighted by atomic mass is 127. The normalized spacial score (nSPS) is 22.7. The fraction of sp³-hybridized carbons (Fsp3) is 0.762. The van der Waals surface area contributed by atoms with Gasteiger partial charge in [-0.25, -0.2) is 0 Å². The first-order valence-electron chi connectivity index (χ1n) is 10.9. The van der Waals surface area contributed by atoms with Crippen molar-refractivity contribution < 1.29 is 4.74 Å². The molecule has 2 N–H and O–H groups in total. The summed E-state index contributed by atoms with van der Waals surface area (Å²) in [7, 11) is 0. The van der Waals surface area contributed by atoms with Gasteiger partial charge >= 0.3 is 0 Å². The van der Waals surface area contributed by atoms with Crippen LogP contribution in [0.15, 0.2) is 22.5 Å². The van der Waals surface area contributed by atoms with Gasteiger partial charge in [-0.05, 0) is 44.3 Å². The quantitative estimate of drug-likeness (QED) is 0.305. The average Bonchev–Trinajstić information content (AvgIpc) is 3.27. The summed E-state index contributed by atoms with van der Waals surface area (Å²) in [6, 6.07) is 5.33. The molecule has 8 heteroatoms. The number of ether oxygens (including phenoxy) is 1. The van der Waals surface area contributed by atoms with E-state index in [-0.39, 0.29) is 24.0 Å². The zero-order chi connectivity index (χ0) is 19.6. The number of guanidine groups is 1. The summed E-state index contributed by atoms with van der Waals surface area (Å²) in [5.41, 5.74) is 0. The number of piperidine rings is 1. The molecule has 2 saturated heterocycles. The first-order valence-corrected chi connectivity index (χ1v) is 11.8. The van der Waals surface area contributed by atoms with Crippen molar-refractivity contribution in [2.75, 3.05) is 59.0 Å². The number of aliphatic imine (C=N–C) groups is 1. The van der Waals surface area contributed by atoms with Crippen molar-refractivity contribution >= 4 is 41.3 Å². The number of nitrogens with one attached hydrogen (secondary N) is 2. The van der Waals surface area contributed by atoms with E-state index >= 15 is 0 Å². The van der Waals surface area contributed by atoms with Gasteiger partial charge in [-0.3, -0.25) is 14.8 Å². The van der Waals surface area contributed by atoms with Crippen LogP contribution >= 0.6 is 35.3 Å². The highest BCUT2D eigenvalue weighted by Crippen LogP contribution is 2.26. The van der Waals surface area contributed by atoms with Crippen LogP contribution in [0, 0.1) is 0 Å². The predicted octanol–water partition coefficient (Wildman–Crippen LogP) is 3.17. The number of nitrogens with zero attached hydrogens (tertiary/aromatic N) is 3. The van der Waals surface area contributed by atoms with Gasteiger partial charge < -0.3 is 15.4 Å². The van der Waals surface area contributed by atoms with Crippen LogP contribution in [0.3, 0.4) is 0 Å². The number of rotatable bonds is 8. The van der Waals surface area contributed by atoms with Crippen molar-refractivity contribution in [1.29, 1.82) is 0 Å². The minimum Gasteiger partial charge on any atom is -0.379 e. The van der Waals surface area contributed by atoms with Gasteiger partial charge in [-0.1, -0.05) is 19.4 Å². The zero-order valence-electron chi connectivity index (χ0n) is 17.9. The van der Waals surface area contributed by atoms with E-state index in [4.69, 9.17) is 9.73 Å². The van der Waals surface area contributed by atoms with E-state index in [1.807, 2.05) is 11.3 Å². The fourth-order valence-corrected chi connectivity index (χ4v) is 5.05. The van der Waals surface area contributed by atoms with Gasteiger partial charge in [0.15, 0.2) is 5.96 Å². The molecule has 0 spiro atoms. The van der Waals surface area contributed by atoms with Gasteiger partial charge in [-0.2, -0.15) is 0 Å². The molecule has 1 aromatic heterocycles. The Labute approximate surface area is 197 Å². The number of likely N-dealkylation sites (N-methyl/N-ethyl adjacent to an activating group) is 1. The number of halogens is 1. The molecule has 0 radical (unpaired) electrons. The lowest BCUT2D eigenvalue weighted by atomic mass is 10.0. The third-order valence-electron chi connectivity index (χ3n) is 5.79. The lowest BCUT2D eigenvalue weighted by molar-refractivity contribution is 0.0186. The van der Waals surface area contributed by atoms with Crippen molar-refractivity contribution in [3.63, 3.8) is 0 Å². The highest BCUT2D eigenvalue weighted by Gasteiger charge is 2.24. The van der Waals surface area contributed by atoms with Crippen LogP contribution in [-0.2, 0) is 4.74 Å². The smallest absolute Gasteiger partial charge is 0.191 e. The second-order valence-corrected chi connectivity index (χ2v) is 8.54. The minimum atomic E-state index is 0. The topological polar surface area (TPSA) is 52.1 Å².